The van der Waals surface area contributed by atoms with E-state index in [2.05, 4.69) is 40.2 Å². The van der Waals surface area contributed by atoms with E-state index in [0.717, 1.165) is 38.1 Å². The fourth-order valence-electron chi connectivity index (χ4n) is 3.45. The Labute approximate surface area is 143 Å². The van der Waals surface area contributed by atoms with Gasteiger partial charge in [-0.2, -0.15) is 16.9 Å². The number of hydrogen-bond acceptors (Lipinski definition) is 3. The van der Waals surface area contributed by atoms with Crippen LogP contribution < -0.4 is 5.32 Å². The normalized spacial score (nSPS) is 23.5. The number of thioether (sulfide) groups is 1. The molecule has 2 saturated heterocycles. The van der Waals surface area contributed by atoms with E-state index in [9.17, 15) is 0 Å². The Morgan fingerprint density at radius 3 is 2.91 bits per heavy atom. The largest absolute Gasteiger partial charge is 0.357 e. The van der Waals surface area contributed by atoms with E-state index in [1.807, 2.05) is 17.9 Å². The number of guanidine groups is 1. The summed E-state index contributed by atoms with van der Waals surface area (Å²) in [6.45, 7) is 6.22. The number of aromatic nitrogens is 2. The molecule has 0 radical (unpaired) electrons. The molecule has 0 saturated carbocycles. The molecular weight excluding hydrogens is 306 g/mol. The molecule has 1 aromatic heterocycles. The summed E-state index contributed by atoms with van der Waals surface area (Å²) in [6, 6.07) is 0. The molecule has 0 aromatic carbocycles. The van der Waals surface area contributed by atoms with Crippen molar-refractivity contribution in [1.82, 2.24) is 20.0 Å². The number of likely N-dealkylation sites (tertiary alicyclic amines) is 1. The molecule has 128 valence electrons. The monoisotopic (exact) mass is 335 g/mol. The Balaban J connectivity index is 1.59. The van der Waals surface area contributed by atoms with Gasteiger partial charge >= 0.3 is 0 Å². The van der Waals surface area contributed by atoms with Gasteiger partial charge in [0, 0.05) is 45.3 Å². The predicted molar refractivity (Wildman–Crippen MR) is 98.2 cm³/mol. The number of nitrogens with zero attached hydrogens (tertiary/aromatic N) is 4. The van der Waals surface area contributed by atoms with Crippen molar-refractivity contribution in [1.29, 1.82) is 0 Å². The van der Waals surface area contributed by atoms with Crippen LogP contribution in [-0.4, -0.2) is 58.3 Å². The molecule has 0 amide bonds. The van der Waals surface area contributed by atoms with Gasteiger partial charge in [0.25, 0.3) is 0 Å². The van der Waals surface area contributed by atoms with Crippen LogP contribution in [0.4, 0.5) is 0 Å². The third-order valence-electron chi connectivity index (χ3n) is 4.86. The van der Waals surface area contributed by atoms with Crippen LogP contribution in [0.1, 0.15) is 37.7 Å². The van der Waals surface area contributed by atoms with Crippen LogP contribution in [-0.2, 0) is 7.05 Å². The van der Waals surface area contributed by atoms with Crippen molar-refractivity contribution in [2.45, 2.75) is 32.1 Å². The van der Waals surface area contributed by atoms with Crippen molar-refractivity contribution in [3.05, 3.63) is 18.0 Å². The molecule has 1 N–H and O–H groups in total. The third-order valence-corrected chi connectivity index (χ3v) is 5.91. The van der Waals surface area contributed by atoms with Crippen LogP contribution in [0.15, 0.2) is 17.4 Å². The minimum absolute atomic E-state index is 0.582. The summed E-state index contributed by atoms with van der Waals surface area (Å²) in [4.78, 5) is 7.38. The summed E-state index contributed by atoms with van der Waals surface area (Å²) < 4.78 is 1.90. The van der Waals surface area contributed by atoms with Crippen LogP contribution in [0, 0.1) is 5.92 Å². The predicted octanol–water partition coefficient (Wildman–Crippen LogP) is 2.32. The van der Waals surface area contributed by atoms with Crippen LogP contribution in [0.25, 0.3) is 0 Å². The van der Waals surface area contributed by atoms with Gasteiger partial charge in [-0.15, -0.1) is 0 Å². The molecule has 1 unspecified atom stereocenters. The van der Waals surface area contributed by atoms with E-state index < -0.39 is 0 Å². The van der Waals surface area contributed by atoms with E-state index in [0.29, 0.717) is 5.92 Å². The van der Waals surface area contributed by atoms with E-state index in [-0.39, 0.29) is 0 Å². The molecule has 1 aromatic rings. The van der Waals surface area contributed by atoms with Crippen molar-refractivity contribution in [3.63, 3.8) is 0 Å². The number of rotatable bonds is 4. The molecule has 23 heavy (non-hydrogen) atoms. The van der Waals surface area contributed by atoms with Crippen LogP contribution in [0.2, 0.25) is 0 Å². The van der Waals surface area contributed by atoms with E-state index in [1.54, 1.807) is 0 Å². The van der Waals surface area contributed by atoms with Gasteiger partial charge in [0.1, 0.15) is 0 Å². The zero-order valence-corrected chi connectivity index (χ0v) is 15.2. The topological polar surface area (TPSA) is 45.5 Å². The Kier molecular flexibility index (Phi) is 5.86. The molecule has 6 heteroatoms. The molecular formula is C17H29N5S. The van der Waals surface area contributed by atoms with Crippen molar-refractivity contribution < 1.29 is 0 Å². The molecule has 3 heterocycles. The van der Waals surface area contributed by atoms with Crippen LogP contribution in [0.3, 0.4) is 0 Å². The number of aryl methyl sites for hydroxylation is 1. The highest BCUT2D eigenvalue weighted by atomic mass is 32.2. The van der Waals surface area contributed by atoms with Crippen LogP contribution in [0.5, 0.6) is 0 Å². The first kappa shape index (κ1) is 16.7. The summed E-state index contributed by atoms with van der Waals surface area (Å²) >= 11 is 2.09. The van der Waals surface area contributed by atoms with Crippen LogP contribution >= 0.6 is 11.8 Å². The first-order valence-electron chi connectivity index (χ1n) is 8.85. The molecule has 0 spiro atoms. The van der Waals surface area contributed by atoms with Crippen molar-refractivity contribution >= 4 is 17.7 Å². The fraction of sp³-hybridized carbons (Fsp3) is 0.765. The average molecular weight is 336 g/mol. The average Bonchev–Trinajstić information content (AvgIpc) is 3.21. The third kappa shape index (κ3) is 4.43. The maximum atomic E-state index is 4.95. The maximum Gasteiger partial charge on any atom is 0.193 e. The second-order valence-corrected chi connectivity index (χ2v) is 7.85. The zero-order valence-electron chi connectivity index (χ0n) is 14.4. The first-order chi connectivity index (χ1) is 11.3. The lowest BCUT2D eigenvalue weighted by molar-refractivity contribution is 0.467. The summed E-state index contributed by atoms with van der Waals surface area (Å²) in [5.74, 6) is 5.09. The molecule has 3 rings (SSSR count). The van der Waals surface area contributed by atoms with Gasteiger partial charge in [-0.25, -0.2) is 0 Å². The minimum Gasteiger partial charge on any atom is -0.357 e. The van der Waals surface area contributed by atoms with Gasteiger partial charge in [-0.1, -0.05) is 0 Å². The number of hydrogen-bond donors (Lipinski definition) is 1. The lowest BCUT2D eigenvalue weighted by Crippen LogP contribution is -2.40. The first-order valence-corrected chi connectivity index (χ1v) is 10.0. The lowest BCUT2D eigenvalue weighted by Gasteiger charge is -2.24. The standard InChI is InChI=1S/C17H29N5S/c1-3-18-17(19-10-14-5-8-23-9-6-14)22-7-4-15(13-22)16-11-20-21(2)12-16/h11-12,14-15H,3-10,13H2,1-2H3,(H,18,19). The Morgan fingerprint density at radius 2 is 2.22 bits per heavy atom. The second kappa shape index (κ2) is 8.08. The van der Waals surface area contributed by atoms with Crippen molar-refractivity contribution in [2.75, 3.05) is 37.7 Å². The highest BCUT2D eigenvalue weighted by Gasteiger charge is 2.27. The molecule has 0 aliphatic carbocycles. The summed E-state index contributed by atoms with van der Waals surface area (Å²) in [5, 5.41) is 7.81. The fourth-order valence-corrected chi connectivity index (χ4v) is 4.65. The quantitative estimate of drug-likeness (QED) is 0.677. The zero-order chi connectivity index (χ0) is 16.1. The van der Waals surface area contributed by atoms with Gasteiger partial charge in [0.15, 0.2) is 5.96 Å². The van der Waals surface area contributed by atoms with Crippen molar-refractivity contribution in [3.8, 4) is 0 Å². The van der Waals surface area contributed by atoms with Crippen molar-refractivity contribution in [2.24, 2.45) is 18.0 Å². The SMILES string of the molecule is CCNC(=NCC1CCSCC1)N1CCC(c2cnn(C)c2)C1. The highest BCUT2D eigenvalue weighted by molar-refractivity contribution is 7.99. The molecule has 2 aliphatic heterocycles. The van der Waals surface area contributed by atoms with E-state index >= 15 is 0 Å². The number of nitrogens with one attached hydrogen (secondary N) is 1. The van der Waals surface area contributed by atoms with E-state index in [1.165, 1.54) is 36.3 Å². The highest BCUT2D eigenvalue weighted by Crippen LogP contribution is 2.27. The number of aliphatic imine (C=N–C) groups is 1. The molecule has 1 atom stereocenters. The minimum atomic E-state index is 0.582. The molecule has 2 aliphatic rings. The second-order valence-electron chi connectivity index (χ2n) is 6.63. The Hall–Kier alpha value is -1.17. The molecule has 0 bridgehead atoms. The summed E-state index contributed by atoms with van der Waals surface area (Å²) in [6.07, 6.45) is 8.00. The smallest absolute Gasteiger partial charge is 0.193 e. The maximum absolute atomic E-state index is 4.95. The molecule has 2 fully saturated rings. The van der Waals surface area contributed by atoms with Gasteiger partial charge < -0.3 is 10.2 Å². The van der Waals surface area contributed by atoms with Gasteiger partial charge in [0.05, 0.1) is 6.20 Å². The molecule has 5 nitrogen and oxygen atoms in total. The lowest BCUT2D eigenvalue weighted by atomic mass is 10.0. The van der Waals surface area contributed by atoms with Gasteiger partial charge in [0.2, 0.25) is 0 Å². The summed E-state index contributed by atoms with van der Waals surface area (Å²) in [5.41, 5.74) is 1.36. The summed E-state index contributed by atoms with van der Waals surface area (Å²) in [7, 11) is 1.99. The Bertz CT molecular complexity index is 521. The van der Waals surface area contributed by atoms with Gasteiger partial charge in [-0.05, 0) is 49.2 Å². The Morgan fingerprint density at radius 1 is 1.39 bits per heavy atom. The van der Waals surface area contributed by atoms with Gasteiger partial charge in [-0.3, -0.25) is 9.67 Å². The van der Waals surface area contributed by atoms with E-state index in [4.69, 9.17) is 4.99 Å².